The van der Waals surface area contributed by atoms with Gasteiger partial charge in [-0.1, -0.05) is 0 Å². The summed E-state index contributed by atoms with van der Waals surface area (Å²) in [5.41, 5.74) is -0.535. The predicted molar refractivity (Wildman–Crippen MR) is 55.6 cm³/mol. The molecule has 15 heavy (non-hydrogen) atoms. The molecule has 0 unspecified atom stereocenters. The monoisotopic (exact) mass is 208 g/mol. The standard InChI is InChI=1S/C12H16O3/c1-14-12(6-2-3-7-12)11(13)9-10-5-4-8-15-10/h4-5,8H,2-3,6-7,9H2,1H3. The van der Waals surface area contributed by atoms with E-state index in [-0.39, 0.29) is 5.78 Å². The number of carbonyl (C=O) groups excluding carboxylic acids is 1. The molecule has 0 atom stereocenters. The molecule has 1 aliphatic rings. The van der Waals surface area contributed by atoms with Crippen LogP contribution < -0.4 is 0 Å². The van der Waals surface area contributed by atoms with Gasteiger partial charge in [-0.05, 0) is 37.8 Å². The minimum atomic E-state index is -0.535. The van der Waals surface area contributed by atoms with E-state index < -0.39 is 5.60 Å². The van der Waals surface area contributed by atoms with Crippen molar-refractivity contribution in [1.29, 1.82) is 0 Å². The molecule has 82 valence electrons. The maximum absolute atomic E-state index is 12.1. The highest BCUT2D eigenvalue weighted by molar-refractivity contribution is 5.89. The summed E-state index contributed by atoms with van der Waals surface area (Å²) in [6, 6.07) is 3.63. The van der Waals surface area contributed by atoms with Gasteiger partial charge in [0.25, 0.3) is 0 Å². The SMILES string of the molecule is COC1(C(=O)Cc2ccco2)CCCC1. The van der Waals surface area contributed by atoms with Crippen LogP contribution in [0.2, 0.25) is 0 Å². The number of carbonyl (C=O) groups is 1. The smallest absolute Gasteiger partial charge is 0.172 e. The van der Waals surface area contributed by atoms with Crippen LogP contribution in [-0.2, 0) is 16.0 Å². The third-order valence-electron chi connectivity index (χ3n) is 3.23. The van der Waals surface area contributed by atoms with Crippen LogP contribution in [-0.4, -0.2) is 18.5 Å². The van der Waals surface area contributed by atoms with Crippen LogP contribution in [0.3, 0.4) is 0 Å². The topological polar surface area (TPSA) is 39.4 Å². The van der Waals surface area contributed by atoms with Crippen LogP contribution in [0.25, 0.3) is 0 Å². The van der Waals surface area contributed by atoms with E-state index in [1.165, 1.54) is 0 Å². The van der Waals surface area contributed by atoms with Gasteiger partial charge in [0, 0.05) is 7.11 Å². The van der Waals surface area contributed by atoms with Crippen molar-refractivity contribution < 1.29 is 13.9 Å². The lowest BCUT2D eigenvalue weighted by molar-refractivity contribution is -0.139. The van der Waals surface area contributed by atoms with Crippen molar-refractivity contribution in [3.8, 4) is 0 Å². The molecule has 1 heterocycles. The molecular weight excluding hydrogens is 192 g/mol. The molecule has 2 rings (SSSR count). The Labute approximate surface area is 89.4 Å². The Morgan fingerprint density at radius 2 is 2.27 bits per heavy atom. The predicted octanol–water partition coefficient (Wildman–Crippen LogP) is 2.35. The normalized spacial score (nSPS) is 19.3. The zero-order valence-electron chi connectivity index (χ0n) is 8.99. The molecule has 0 amide bonds. The minimum absolute atomic E-state index is 0.150. The Morgan fingerprint density at radius 1 is 1.53 bits per heavy atom. The van der Waals surface area contributed by atoms with E-state index in [4.69, 9.17) is 9.15 Å². The molecule has 3 heteroatoms. The van der Waals surface area contributed by atoms with E-state index in [1.54, 1.807) is 19.4 Å². The first-order valence-corrected chi connectivity index (χ1v) is 5.38. The van der Waals surface area contributed by atoms with E-state index in [0.717, 1.165) is 31.4 Å². The molecule has 1 fully saturated rings. The van der Waals surface area contributed by atoms with Gasteiger partial charge in [-0.3, -0.25) is 4.79 Å². The summed E-state index contributed by atoms with van der Waals surface area (Å²) in [7, 11) is 1.63. The molecule has 1 aromatic rings. The molecule has 0 radical (unpaired) electrons. The molecule has 0 aliphatic heterocycles. The summed E-state index contributed by atoms with van der Waals surface area (Å²) in [4.78, 5) is 12.1. The van der Waals surface area contributed by atoms with Gasteiger partial charge >= 0.3 is 0 Å². The molecule has 1 aromatic heterocycles. The van der Waals surface area contributed by atoms with Gasteiger partial charge in [-0.25, -0.2) is 0 Å². The van der Waals surface area contributed by atoms with Crippen LogP contribution in [0.15, 0.2) is 22.8 Å². The Bertz CT molecular complexity index is 321. The van der Waals surface area contributed by atoms with Gasteiger partial charge in [-0.15, -0.1) is 0 Å². The van der Waals surface area contributed by atoms with E-state index in [1.807, 2.05) is 6.07 Å². The van der Waals surface area contributed by atoms with Crippen LogP contribution in [0, 0.1) is 0 Å². The summed E-state index contributed by atoms with van der Waals surface area (Å²) in [5, 5.41) is 0. The fourth-order valence-corrected chi connectivity index (χ4v) is 2.28. The lowest BCUT2D eigenvalue weighted by Crippen LogP contribution is -2.38. The van der Waals surface area contributed by atoms with Crippen molar-refractivity contribution in [2.45, 2.75) is 37.7 Å². The first-order chi connectivity index (χ1) is 7.27. The van der Waals surface area contributed by atoms with Gasteiger partial charge < -0.3 is 9.15 Å². The summed E-state index contributed by atoms with van der Waals surface area (Å²) >= 11 is 0. The number of rotatable bonds is 4. The third-order valence-corrected chi connectivity index (χ3v) is 3.23. The van der Waals surface area contributed by atoms with Crippen LogP contribution in [0.4, 0.5) is 0 Å². The van der Waals surface area contributed by atoms with E-state index >= 15 is 0 Å². The van der Waals surface area contributed by atoms with E-state index in [2.05, 4.69) is 0 Å². The van der Waals surface area contributed by atoms with Crippen LogP contribution >= 0.6 is 0 Å². The summed E-state index contributed by atoms with van der Waals surface area (Å²) in [6.45, 7) is 0. The molecule has 0 aromatic carbocycles. The average molecular weight is 208 g/mol. The Hall–Kier alpha value is -1.09. The van der Waals surface area contributed by atoms with Gasteiger partial charge in [0.15, 0.2) is 5.78 Å². The number of Topliss-reactive ketones (excluding diaryl/α,β-unsaturated/α-hetero) is 1. The fraction of sp³-hybridized carbons (Fsp3) is 0.583. The van der Waals surface area contributed by atoms with Crippen molar-refractivity contribution >= 4 is 5.78 Å². The maximum Gasteiger partial charge on any atom is 0.172 e. The second-order valence-corrected chi connectivity index (χ2v) is 4.08. The highest BCUT2D eigenvalue weighted by atomic mass is 16.5. The van der Waals surface area contributed by atoms with Gasteiger partial charge in [0.05, 0.1) is 12.7 Å². The van der Waals surface area contributed by atoms with Gasteiger partial charge in [-0.2, -0.15) is 0 Å². The van der Waals surface area contributed by atoms with E-state index in [0.29, 0.717) is 6.42 Å². The molecular formula is C12H16O3. The second-order valence-electron chi connectivity index (χ2n) is 4.08. The van der Waals surface area contributed by atoms with Crippen molar-refractivity contribution in [3.05, 3.63) is 24.2 Å². The second kappa shape index (κ2) is 4.19. The molecule has 1 saturated carbocycles. The first-order valence-electron chi connectivity index (χ1n) is 5.38. The number of hydrogen-bond acceptors (Lipinski definition) is 3. The van der Waals surface area contributed by atoms with Crippen molar-refractivity contribution in [2.24, 2.45) is 0 Å². The van der Waals surface area contributed by atoms with Crippen LogP contribution in [0.5, 0.6) is 0 Å². The fourth-order valence-electron chi connectivity index (χ4n) is 2.28. The summed E-state index contributed by atoms with van der Waals surface area (Å²) in [5.74, 6) is 0.876. The summed E-state index contributed by atoms with van der Waals surface area (Å²) in [6.07, 6.45) is 5.80. The maximum atomic E-state index is 12.1. The third kappa shape index (κ3) is 1.97. The largest absolute Gasteiger partial charge is 0.469 e. The molecule has 1 aliphatic carbocycles. The Kier molecular flexibility index (Phi) is 2.91. The lowest BCUT2D eigenvalue weighted by atomic mass is 9.93. The molecule has 0 saturated heterocycles. The molecule has 0 spiro atoms. The first kappa shape index (κ1) is 10.4. The zero-order chi connectivity index (χ0) is 10.7. The highest BCUT2D eigenvalue weighted by Gasteiger charge is 2.40. The molecule has 0 N–H and O–H groups in total. The van der Waals surface area contributed by atoms with Gasteiger partial charge in [0.2, 0.25) is 0 Å². The van der Waals surface area contributed by atoms with Gasteiger partial charge in [0.1, 0.15) is 11.4 Å². The Morgan fingerprint density at radius 3 is 2.80 bits per heavy atom. The van der Waals surface area contributed by atoms with E-state index in [9.17, 15) is 4.79 Å². The summed E-state index contributed by atoms with van der Waals surface area (Å²) < 4.78 is 10.6. The number of ketones is 1. The average Bonchev–Trinajstić information content (AvgIpc) is 2.87. The Balaban J connectivity index is 2.06. The molecule has 0 bridgehead atoms. The number of methoxy groups -OCH3 is 1. The van der Waals surface area contributed by atoms with Crippen molar-refractivity contribution in [1.82, 2.24) is 0 Å². The van der Waals surface area contributed by atoms with Crippen molar-refractivity contribution in [2.75, 3.05) is 7.11 Å². The lowest BCUT2D eigenvalue weighted by Gasteiger charge is -2.25. The molecule has 3 nitrogen and oxygen atoms in total. The van der Waals surface area contributed by atoms with Crippen molar-refractivity contribution in [3.63, 3.8) is 0 Å². The number of hydrogen-bond donors (Lipinski definition) is 0. The quantitative estimate of drug-likeness (QED) is 0.762. The highest BCUT2D eigenvalue weighted by Crippen LogP contribution is 2.34. The number of ether oxygens (including phenoxy) is 1. The number of furan rings is 1. The van der Waals surface area contributed by atoms with Crippen LogP contribution in [0.1, 0.15) is 31.4 Å². The minimum Gasteiger partial charge on any atom is -0.469 e. The zero-order valence-corrected chi connectivity index (χ0v) is 8.99.